The SMILES string of the molecule is C=CCn1c(SCC(=O)Nc2ccc(Cl)c([N+](=O)[O-])c2)nnc1-c1ccccc1OC. The molecule has 0 saturated heterocycles. The molecule has 0 atom stereocenters. The van der Waals surface area contributed by atoms with E-state index in [1.54, 1.807) is 13.2 Å². The highest BCUT2D eigenvalue weighted by molar-refractivity contribution is 7.99. The number of amides is 1. The maximum absolute atomic E-state index is 12.4. The van der Waals surface area contributed by atoms with Crippen LogP contribution in [-0.4, -0.2) is 38.5 Å². The molecule has 0 fully saturated rings. The molecule has 3 rings (SSSR count). The van der Waals surface area contributed by atoms with Crippen molar-refractivity contribution in [1.82, 2.24) is 14.8 Å². The van der Waals surface area contributed by atoms with Crippen LogP contribution in [0.5, 0.6) is 5.75 Å². The predicted octanol–water partition coefficient (Wildman–Crippen LogP) is 4.43. The molecule has 0 aliphatic carbocycles. The number of thioether (sulfide) groups is 1. The summed E-state index contributed by atoms with van der Waals surface area (Å²) in [7, 11) is 1.58. The molecule has 0 radical (unpaired) electrons. The number of halogens is 1. The summed E-state index contributed by atoms with van der Waals surface area (Å²) in [6, 6.07) is 11.5. The van der Waals surface area contributed by atoms with E-state index in [0.29, 0.717) is 23.3 Å². The lowest BCUT2D eigenvalue weighted by molar-refractivity contribution is -0.384. The summed E-state index contributed by atoms with van der Waals surface area (Å²) in [6.07, 6.45) is 1.71. The smallest absolute Gasteiger partial charge is 0.289 e. The Hall–Kier alpha value is -3.37. The molecule has 1 amide bonds. The molecule has 0 aliphatic heterocycles. The number of aromatic nitrogens is 3. The van der Waals surface area contributed by atoms with Gasteiger partial charge in [0.2, 0.25) is 5.91 Å². The van der Waals surface area contributed by atoms with Gasteiger partial charge in [-0.05, 0) is 24.3 Å². The molecule has 1 N–H and O–H groups in total. The number of carbonyl (C=O) groups is 1. The Morgan fingerprint density at radius 1 is 1.35 bits per heavy atom. The highest BCUT2D eigenvalue weighted by Gasteiger charge is 2.18. The topological polar surface area (TPSA) is 112 Å². The fraction of sp³-hybridized carbons (Fsp3) is 0.150. The van der Waals surface area contributed by atoms with Crippen molar-refractivity contribution in [3.05, 3.63) is 70.3 Å². The van der Waals surface area contributed by atoms with Gasteiger partial charge in [0.25, 0.3) is 5.69 Å². The van der Waals surface area contributed by atoms with Crippen molar-refractivity contribution in [2.45, 2.75) is 11.7 Å². The van der Waals surface area contributed by atoms with E-state index in [1.807, 2.05) is 28.8 Å². The third-order valence-corrected chi connectivity index (χ3v) is 5.42. The first-order valence-electron chi connectivity index (χ1n) is 8.98. The quantitative estimate of drug-likeness (QED) is 0.218. The summed E-state index contributed by atoms with van der Waals surface area (Å²) >= 11 is 6.98. The molecule has 3 aromatic rings. The first-order valence-corrected chi connectivity index (χ1v) is 10.3. The van der Waals surface area contributed by atoms with Gasteiger partial charge in [-0.1, -0.05) is 41.6 Å². The molecule has 160 valence electrons. The minimum absolute atomic E-state index is 0.00114. The average molecular weight is 460 g/mol. The molecule has 0 aliphatic rings. The lowest BCUT2D eigenvalue weighted by Gasteiger charge is -2.10. The molecule has 0 saturated carbocycles. The number of ether oxygens (including phenoxy) is 1. The van der Waals surface area contributed by atoms with Gasteiger partial charge < -0.3 is 10.1 Å². The van der Waals surface area contributed by atoms with Gasteiger partial charge in [0.1, 0.15) is 10.8 Å². The summed E-state index contributed by atoms with van der Waals surface area (Å²) in [4.78, 5) is 22.8. The molecular weight excluding hydrogens is 442 g/mol. The largest absolute Gasteiger partial charge is 0.496 e. The molecule has 0 unspecified atom stereocenters. The van der Waals surface area contributed by atoms with E-state index in [-0.39, 0.29) is 28.1 Å². The van der Waals surface area contributed by atoms with E-state index in [1.165, 1.54) is 30.0 Å². The molecule has 0 bridgehead atoms. The highest BCUT2D eigenvalue weighted by Crippen LogP contribution is 2.31. The zero-order valence-corrected chi connectivity index (χ0v) is 18.0. The van der Waals surface area contributed by atoms with Crippen LogP contribution in [0.2, 0.25) is 5.02 Å². The third-order valence-electron chi connectivity index (χ3n) is 4.14. The number of carbonyl (C=O) groups excluding carboxylic acids is 1. The van der Waals surface area contributed by atoms with Crippen LogP contribution in [0.4, 0.5) is 11.4 Å². The van der Waals surface area contributed by atoms with Crippen LogP contribution in [-0.2, 0) is 11.3 Å². The summed E-state index contributed by atoms with van der Waals surface area (Å²) in [6.45, 7) is 4.21. The van der Waals surface area contributed by atoms with Crippen LogP contribution in [0, 0.1) is 10.1 Å². The zero-order valence-electron chi connectivity index (χ0n) is 16.4. The van der Waals surface area contributed by atoms with E-state index in [0.717, 1.165) is 5.56 Å². The van der Waals surface area contributed by atoms with E-state index in [4.69, 9.17) is 16.3 Å². The van der Waals surface area contributed by atoms with Crippen LogP contribution >= 0.6 is 23.4 Å². The Morgan fingerprint density at radius 2 is 2.13 bits per heavy atom. The number of nitro groups is 1. The Labute approximate surface area is 187 Å². The average Bonchev–Trinajstić information content (AvgIpc) is 3.16. The summed E-state index contributed by atoms with van der Waals surface area (Å²) in [5, 5.41) is 22.6. The number of nitrogens with zero attached hydrogens (tertiary/aromatic N) is 4. The van der Waals surface area contributed by atoms with E-state index >= 15 is 0 Å². The summed E-state index contributed by atoms with van der Waals surface area (Å²) in [5.74, 6) is 0.915. The molecule has 2 aromatic carbocycles. The van der Waals surface area contributed by atoms with Crippen LogP contribution in [0.25, 0.3) is 11.4 Å². The summed E-state index contributed by atoms with van der Waals surface area (Å²) in [5.41, 5.74) is 0.771. The Morgan fingerprint density at radius 3 is 2.84 bits per heavy atom. The number of nitrogens with one attached hydrogen (secondary N) is 1. The van der Waals surface area contributed by atoms with Crippen molar-refractivity contribution in [3.8, 4) is 17.1 Å². The van der Waals surface area contributed by atoms with Gasteiger partial charge in [0.15, 0.2) is 11.0 Å². The third kappa shape index (κ3) is 5.22. The molecule has 1 aromatic heterocycles. The normalized spacial score (nSPS) is 10.5. The van der Waals surface area contributed by atoms with Crippen LogP contribution < -0.4 is 10.1 Å². The van der Waals surface area contributed by atoms with Gasteiger partial charge in [-0.25, -0.2) is 0 Å². The fourth-order valence-electron chi connectivity index (χ4n) is 2.78. The van der Waals surface area contributed by atoms with E-state index < -0.39 is 4.92 Å². The van der Waals surface area contributed by atoms with Crippen molar-refractivity contribution in [2.75, 3.05) is 18.2 Å². The van der Waals surface area contributed by atoms with Crippen molar-refractivity contribution < 1.29 is 14.5 Å². The van der Waals surface area contributed by atoms with Crippen LogP contribution in [0.15, 0.2) is 60.3 Å². The summed E-state index contributed by atoms with van der Waals surface area (Å²) < 4.78 is 7.24. The van der Waals surface area contributed by atoms with Crippen molar-refractivity contribution in [2.24, 2.45) is 0 Å². The first kappa shape index (κ1) is 22.3. The highest BCUT2D eigenvalue weighted by atomic mass is 35.5. The Bertz CT molecular complexity index is 1130. The Balaban J connectivity index is 1.75. The number of hydrogen-bond acceptors (Lipinski definition) is 7. The predicted molar refractivity (Wildman–Crippen MR) is 120 cm³/mol. The molecule has 11 heteroatoms. The van der Waals surface area contributed by atoms with Gasteiger partial charge in [-0.15, -0.1) is 16.8 Å². The van der Waals surface area contributed by atoms with Gasteiger partial charge in [0, 0.05) is 18.3 Å². The van der Waals surface area contributed by atoms with Gasteiger partial charge in [-0.3, -0.25) is 19.5 Å². The van der Waals surface area contributed by atoms with Crippen molar-refractivity contribution >= 4 is 40.6 Å². The Kier molecular flexibility index (Phi) is 7.27. The second kappa shape index (κ2) is 10.1. The molecule has 0 spiro atoms. The van der Waals surface area contributed by atoms with Crippen molar-refractivity contribution in [3.63, 3.8) is 0 Å². The standard InChI is InChI=1S/C20H18ClN5O4S/c1-3-10-25-19(14-6-4-5-7-17(14)30-2)23-24-20(25)31-12-18(27)22-13-8-9-15(21)16(11-13)26(28)29/h3-9,11H,1,10,12H2,2H3,(H,22,27). The second-order valence-corrected chi connectivity index (χ2v) is 7.52. The number of hydrogen-bond donors (Lipinski definition) is 1. The number of rotatable bonds is 9. The lowest BCUT2D eigenvalue weighted by Crippen LogP contribution is -2.15. The monoisotopic (exact) mass is 459 g/mol. The molecule has 9 nitrogen and oxygen atoms in total. The molecule has 31 heavy (non-hydrogen) atoms. The minimum Gasteiger partial charge on any atom is -0.496 e. The van der Waals surface area contributed by atoms with Crippen LogP contribution in [0.3, 0.4) is 0 Å². The number of anilines is 1. The number of para-hydroxylation sites is 1. The van der Waals surface area contributed by atoms with Gasteiger partial charge >= 0.3 is 0 Å². The van der Waals surface area contributed by atoms with Gasteiger partial charge in [0.05, 0.1) is 23.3 Å². The molecular formula is C20H18ClN5O4S. The van der Waals surface area contributed by atoms with Gasteiger partial charge in [-0.2, -0.15) is 0 Å². The zero-order chi connectivity index (χ0) is 22.4. The fourth-order valence-corrected chi connectivity index (χ4v) is 3.71. The lowest BCUT2D eigenvalue weighted by atomic mass is 10.2. The number of allylic oxidation sites excluding steroid dienone is 1. The van der Waals surface area contributed by atoms with Crippen molar-refractivity contribution in [1.29, 1.82) is 0 Å². The molecule has 1 heterocycles. The second-order valence-electron chi connectivity index (χ2n) is 6.17. The number of methoxy groups -OCH3 is 1. The maximum Gasteiger partial charge on any atom is 0.289 e. The van der Waals surface area contributed by atoms with Crippen LogP contribution in [0.1, 0.15) is 0 Å². The number of nitro benzene ring substituents is 1. The van der Waals surface area contributed by atoms with E-state index in [2.05, 4.69) is 22.1 Å². The number of benzene rings is 2. The minimum atomic E-state index is -0.607. The van der Waals surface area contributed by atoms with E-state index in [9.17, 15) is 14.9 Å². The maximum atomic E-state index is 12.4. The first-order chi connectivity index (χ1) is 14.9.